The summed E-state index contributed by atoms with van der Waals surface area (Å²) in [6.45, 7) is 10.9. The molecule has 1 aromatic rings. The number of rotatable bonds is 11. The predicted molar refractivity (Wildman–Crippen MR) is 87.2 cm³/mol. The van der Waals surface area contributed by atoms with Crippen LogP contribution in [0.3, 0.4) is 0 Å². The molecule has 0 amide bonds. The molecule has 0 aromatic carbocycles. The molecule has 1 atom stereocenters. The van der Waals surface area contributed by atoms with Crippen LogP contribution in [0.5, 0.6) is 0 Å². The van der Waals surface area contributed by atoms with E-state index in [0.717, 1.165) is 25.2 Å². The molecule has 3 nitrogen and oxygen atoms in total. The van der Waals surface area contributed by atoms with Gasteiger partial charge in [-0.25, -0.2) is 0 Å². The van der Waals surface area contributed by atoms with E-state index in [1.165, 1.54) is 44.2 Å². The molecule has 20 heavy (non-hydrogen) atoms. The fraction of sp³-hybridized carbons (Fsp3) is 0.824. The van der Waals surface area contributed by atoms with E-state index < -0.39 is 0 Å². The van der Waals surface area contributed by atoms with Crippen molar-refractivity contribution in [1.29, 1.82) is 0 Å². The van der Waals surface area contributed by atoms with Gasteiger partial charge < -0.3 is 5.32 Å². The Morgan fingerprint density at radius 3 is 2.60 bits per heavy atom. The summed E-state index contributed by atoms with van der Waals surface area (Å²) < 4.78 is 2.15. The first-order valence-electron chi connectivity index (χ1n) is 8.47. The average molecular weight is 279 g/mol. The third-order valence-electron chi connectivity index (χ3n) is 3.83. The van der Waals surface area contributed by atoms with Gasteiger partial charge in [-0.15, -0.1) is 0 Å². The third-order valence-corrected chi connectivity index (χ3v) is 3.83. The van der Waals surface area contributed by atoms with E-state index >= 15 is 0 Å². The molecule has 0 aliphatic heterocycles. The lowest BCUT2D eigenvalue weighted by Crippen LogP contribution is -2.32. The van der Waals surface area contributed by atoms with Crippen molar-refractivity contribution in [2.45, 2.75) is 85.2 Å². The van der Waals surface area contributed by atoms with Crippen LogP contribution >= 0.6 is 0 Å². The molecule has 1 N–H and O–H groups in total. The summed E-state index contributed by atoms with van der Waals surface area (Å²) in [7, 11) is 0. The Morgan fingerprint density at radius 1 is 1.15 bits per heavy atom. The lowest BCUT2D eigenvalue weighted by molar-refractivity contribution is 0.440. The van der Waals surface area contributed by atoms with Gasteiger partial charge in [-0.05, 0) is 39.3 Å². The molecule has 0 saturated carbocycles. The van der Waals surface area contributed by atoms with Crippen molar-refractivity contribution in [3.05, 3.63) is 17.5 Å². The summed E-state index contributed by atoms with van der Waals surface area (Å²) in [5.41, 5.74) is 2.52. The van der Waals surface area contributed by atoms with Gasteiger partial charge in [-0.3, -0.25) is 4.68 Å². The van der Waals surface area contributed by atoms with Gasteiger partial charge in [-0.1, -0.05) is 39.5 Å². The van der Waals surface area contributed by atoms with Crippen LogP contribution < -0.4 is 5.32 Å². The topological polar surface area (TPSA) is 29.9 Å². The molecule has 1 rings (SSSR count). The highest BCUT2D eigenvalue weighted by atomic mass is 15.3. The third kappa shape index (κ3) is 6.08. The van der Waals surface area contributed by atoms with E-state index in [4.69, 9.17) is 0 Å². The molecule has 0 saturated heterocycles. The Bertz CT molecular complexity index is 357. The van der Waals surface area contributed by atoms with Crippen LogP contribution in [0.15, 0.2) is 6.07 Å². The summed E-state index contributed by atoms with van der Waals surface area (Å²) in [6.07, 6.45) is 9.00. The highest BCUT2D eigenvalue weighted by Gasteiger charge is 2.12. The molecule has 3 heteroatoms. The Labute approximate surface area is 125 Å². The fourth-order valence-electron chi connectivity index (χ4n) is 2.73. The normalized spacial score (nSPS) is 12.8. The Morgan fingerprint density at radius 2 is 1.95 bits per heavy atom. The molecular formula is C17H33N3. The van der Waals surface area contributed by atoms with Crippen LogP contribution in [0, 0.1) is 6.92 Å². The zero-order valence-electron chi connectivity index (χ0n) is 13.9. The maximum absolute atomic E-state index is 4.56. The van der Waals surface area contributed by atoms with Gasteiger partial charge >= 0.3 is 0 Å². The van der Waals surface area contributed by atoms with Crippen molar-refractivity contribution in [1.82, 2.24) is 15.1 Å². The van der Waals surface area contributed by atoms with Crippen molar-refractivity contribution in [2.75, 3.05) is 6.54 Å². The molecule has 116 valence electrons. The lowest BCUT2D eigenvalue weighted by Gasteiger charge is -2.19. The number of nitrogens with one attached hydrogen (secondary N) is 1. The minimum atomic E-state index is 0.605. The number of hydrogen-bond acceptors (Lipinski definition) is 2. The van der Waals surface area contributed by atoms with Gasteiger partial charge in [0.25, 0.3) is 0 Å². The van der Waals surface area contributed by atoms with Gasteiger partial charge in [0, 0.05) is 24.7 Å². The van der Waals surface area contributed by atoms with Gasteiger partial charge in [0.15, 0.2) is 0 Å². The maximum Gasteiger partial charge on any atom is 0.0596 e. The second kappa shape index (κ2) is 9.98. The number of aromatic nitrogens is 2. The van der Waals surface area contributed by atoms with Crippen LogP contribution in [-0.2, 0) is 13.0 Å². The molecule has 1 aromatic heterocycles. The first-order chi connectivity index (χ1) is 9.71. The first-order valence-corrected chi connectivity index (χ1v) is 8.47. The average Bonchev–Trinajstić information content (AvgIpc) is 2.80. The molecule has 1 heterocycles. The molecule has 0 bridgehead atoms. The van der Waals surface area contributed by atoms with E-state index in [1.54, 1.807) is 0 Å². The van der Waals surface area contributed by atoms with E-state index in [-0.39, 0.29) is 0 Å². The molecule has 0 fully saturated rings. The fourth-order valence-corrected chi connectivity index (χ4v) is 2.73. The zero-order valence-corrected chi connectivity index (χ0v) is 13.9. The minimum absolute atomic E-state index is 0.605. The maximum atomic E-state index is 4.56. The number of aryl methyl sites for hydroxylation is 2. The summed E-state index contributed by atoms with van der Waals surface area (Å²) in [5, 5.41) is 8.28. The lowest BCUT2D eigenvalue weighted by atomic mass is 10.0. The Balaban J connectivity index is 2.53. The van der Waals surface area contributed by atoms with Crippen LogP contribution in [0.4, 0.5) is 0 Å². The zero-order chi connectivity index (χ0) is 14.8. The largest absolute Gasteiger partial charge is 0.314 e. The summed E-state index contributed by atoms with van der Waals surface area (Å²) in [4.78, 5) is 0. The highest BCUT2D eigenvalue weighted by Crippen LogP contribution is 2.12. The monoisotopic (exact) mass is 279 g/mol. The number of unbranched alkanes of at least 4 members (excludes halogenated alkanes) is 3. The van der Waals surface area contributed by atoms with Gasteiger partial charge in [0.1, 0.15) is 0 Å². The molecule has 1 unspecified atom stereocenters. The molecule has 0 aliphatic rings. The van der Waals surface area contributed by atoms with Crippen molar-refractivity contribution < 1.29 is 0 Å². The van der Waals surface area contributed by atoms with Crippen LogP contribution in [-0.4, -0.2) is 22.4 Å². The van der Waals surface area contributed by atoms with Crippen molar-refractivity contribution in [3.63, 3.8) is 0 Å². The van der Waals surface area contributed by atoms with Crippen LogP contribution in [0.2, 0.25) is 0 Å². The van der Waals surface area contributed by atoms with Crippen LogP contribution in [0.1, 0.15) is 70.7 Å². The predicted octanol–water partition coefficient (Wildman–Crippen LogP) is 4.09. The summed E-state index contributed by atoms with van der Waals surface area (Å²) in [5.74, 6) is 0. The van der Waals surface area contributed by atoms with Gasteiger partial charge in [-0.2, -0.15) is 5.10 Å². The van der Waals surface area contributed by atoms with Crippen molar-refractivity contribution in [3.8, 4) is 0 Å². The van der Waals surface area contributed by atoms with Gasteiger partial charge in [0.2, 0.25) is 0 Å². The highest BCUT2D eigenvalue weighted by molar-refractivity contribution is 5.10. The SMILES string of the molecule is CCCCCCC(Cc1cc(C)nn1CC)NCCC. The Kier molecular flexibility index (Phi) is 8.59. The molecular weight excluding hydrogens is 246 g/mol. The quantitative estimate of drug-likeness (QED) is 0.618. The van der Waals surface area contributed by atoms with E-state index in [2.05, 4.69) is 48.9 Å². The molecule has 0 spiro atoms. The second-order valence-corrected chi connectivity index (χ2v) is 5.80. The van der Waals surface area contributed by atoms with E-state index in [0.29, 0.717) is 6.04 Å². The van der Waals surface area contributed by atoms with Crippen molar-refractivity contribution in [2.24, 2.45) is 0 Å². The summed E-state index contributed by atoms with van der Waals surface area (Å²) >= 11 is 0. The smallest absolute Gasteiger partial charge is 0.0596 e. The number of hydrogen-bond donors (Lipinski definition) is 1. The van der Waals surface area contributed by atoms with Gasteiger partial charge in [0.05, 0.1) is 5.69 Å². The Hall–Kier alpha value is -0.830. The van der Waals surface area contributed by atoms with E-state index in [9.17, 15) is 0 Å². The minimum Gasteiger partial charge on any atom is -0.314 e. The second-order valence-electron chi connectivity index (χ2n) is 5.80. The summed E-state index contributed by atoms with van der Waals surface area (Å²) in [6, 6.07) is 2.85. The first kappa shape index (κ1) is 17.2. The molecule has 0 radical (unpaired) electrons. The molecule has 0 aliphatic carbocycles. The van der Waals surface area contributed by atoms with Crippen molar-refractivity contribution >= 4 is 0 Å². The number of nitrogens with zero attached hydrogens (tertiary/aromatic N) is 2. The standard InChI is InChI=1S/C17H33N3/c1-5-8-9-10-11-16(18-12-6-2)14-17-13-15(4)19-20(17)7-3/h13,16,18H,5-12,14H2,1-4H3. The van der Waals surface area contributed by atoms with Crippen LogP contribution in [0.25, 0.3) is 0 Å². The van der Waals surface area contributed by atoms with E-state index in [1.807, 2.05) is 0 Å².